The highest BCUT2D eigenvalue weighted by Crippen LogP contribution is 2.28. The largest absolute Gasteiger partial charge is 0.368 e. The van der Waals surface area contributed by atoms with Gasteiger partial charge in [-0.15, -0.1) is 0 Å². The molecule has 0 aromatic carbocycles. The Morgan fingerprint density at radius 3 is 2.50 bits per heavy atom. The predicted octanol–water partition coefficient (Wildman–Crippen LogP) is 3.12. The van der Waals surface area contributed by atoms with Gasteiger partial charge in [-0.25, -0.2) is 9.97 Å². The molecular weight excluding hydrogens is 354 g/mol. The van der Waals surface area contributed by atoms with E-state index in [0.29, 0.717) is 18.5 Å². The zero-order chi connectivity index (χ0) is 19.5. The lowest BCUT2D eigenvalue weighted by atomic mass is 9.92. The van der Waals surface area contributed by atoms with Gasteiger partial charge in [-0.05, 0) is 57.7 Å². The van der Waals surface area contributed by atoms with Crippen LogP contribution in [-0.4, -0.2) is 51.6 Å². The molecule has 7 heteroatoms. The number of aromatic nitrogens is 3. The van der Waals surface area contributed by atoms with Crippen molar-refractivity contribution < 1.29 is 9.53 Å². The van der Waals surface area contributed by atoms with Crippen LogP contribution in [0, 0.1) is 13.8 Å². The summed E-state index contributed by atoms with van der Waals surface area (Å²) in [6.45, 7) is 6.18. The standard InChI is InChI=1S/C21H27N5O2/c1-14-12-15(2)24-21(23-14)25-17-5-6-18(22-13-17)16-7-9-26(10-8-16)20(27)19-4-3-11-28-19/h5-6,12-13,16,19H,3-4,7-11H2,1-2H3,(H,23,24,25)/t19-/m0/s1. The number of nitrogens with one attached hydrogen (secondary N) is 1. The maximum absolute atomic E-state index is 12.5. The van der Waals surface area contributed by atoms with Crippen molar-refractivity contribution in [3.8, 4) is 0 Å². The number of amides is 1. The Morgan fingerprint density at radius 1 is 1.14 bits per heavy atom. The Bertz CT molecular complexity index is 805. The number of hydrogen-bond donors (Lipinski definition) is 1. The molecule has 0 aliphatic carbocycles. The molecule has 148 valence electrons. The van der Waals surface area contributed by atoms with Crippen molar-refractivity contribution in [1.82, 2.24) is 19.9 Å². The van der Waals surface area contributed by atoms with Gasteiger partial charge in [0.05, 0.1) is 11.9 Å². The van der Waals surface area contributed by atoms with Crippen molar-refractivity contribution in [2.75, 3.05) is 25.0 Å². The van der Waals surface area contributed by atoms with Crippen LogP contribution in [0.4, 0.5) is 11.6 Å². The molecule has 0 spiro atoms. The highest BCUT2D eigenvalue weighted by atomic mass is 16.5. The van der Waals surface area contributed by atoms with Crippen LogP contribution < -0.4 is 5.32 Å². The van der Waals surface area contributed by atoms with Crippen LogP contribution in [0.15, 0.2) is 24.4 Å². The van der Waals surface area contributed by atoms with E-state index in [9.17, 15) is 4.79 Å². The summed E-state index contributed by atoms with van der Waals surface area (Å²) < 4.78 is 5.54. The first-order valence-electron chi connectivity index (χ1n) is 10.0. The van der Waals surface area contributed by atoms with Crippen molar-refractivity contribution in [2.24, 2.45) is 0 Å². The lowest BCUT2D eigenvalue weighted by Gasteiger charge is -2.33. The number of nitrogens with zero attached hydrogens (tertiary/aromatic N) is 4. The third-order valence-corrected chi connectivity index (χ3v) is 5.45. The molecular formula is C21H27N5O2. The fourth-order valence-electron chi connectivity index (χ4n) is 4.00. The molecule has 2 aliphatic rings. The molecule has 0 radical (unpaired) electrons. The second-order valence-electron chi connectivity index (χ2n) is 7.67. The molecule has 1 amide bonds. The van der Waals surface area contributed by atoms with E-state index in [0.717, 1.165) is 61.5 Å². The average molecular weight is 381 g/mol. The number of likely N-dealkylation sites (tertiary alicyclic amines) is 1. The fourth-order valence-corrected chi connectivity index (χ4v) is 4.00. The molecule has 4 rings (SSSR count). The molecule has 2 fully saturated rings. The molecule has 0 bridgehead atoms. The van der Waals surface area contributed by atoms with Crippen molar-refractivity contribution in [2.45, 2.75) is 51.6 Å². The summed E-state index contributed by atoms with van der Waals surface area (Å²) in [4.78, 5) is 27.9. The van der Waals surface area contributed by atoms with Crippen LogP contribution in [-0.2, 0) is 9.53 Å². The molecule has 2 aromatic rings. The Kier molecular flexibility index (Phi) is 5.52. The summed E-state index contributed by atoms with van der Waals surface area (Å²) in [5.74, 6) is 1.14. The fraction of sp³-hybridized carbons (Fsp3) is 0.524. The Morgan fingerprint density at radius 2 is 1.89 bits per heavy atom. The minimum absolute atomic E-state index is 0.164. The van der Waals surface area contributed by atoms with Gasteiger partial charge in [0.1, 0.15) is 6.10 Å². The van der Waals surface area contributed by atoms with E-state index < -0.39 is 0 Å². The van der Waals surface area contributed by atoms with Crippen LogP contribution in [0.3, 0.4) is 0 Å². The van der Waals surface area contributed by atoms with Gasteiger partial charge in [-0.1, -0.05) is 0 Å². The normalized spacial score (nSPS) is 20.4. The number of carbonyl (C=O) groups is 1. The monoisotopic (exact) mass is 381 g/mol. The van der Waals surface area contributed by atoms with Gasteiger partial charge < -0.3 is 15.0 Å². The lowest BCUT2D eigenvalue weighted by Crippen LogP contribution is -2.43. The summed E-state index contributed by atoms with van der Waals surface area (Å²) in [7, 11) is 0. The SMILES string of the molecule is Cc1cc(C)nc(Nc2ccc(C3CCN(C(=O)[C@@H]4CCCO4)CC3)nc2)n1. The number of rotatable bonds is 4. The average Bonchev–Trinajstić information content (AvgIpc) is 3.22. The quantitative estimate of drug-likeness (QED) is 0.876. The summed E-state index contributed by atoms with van der Waals surface area (Å²) in [5, 5.41) is 3.22. The topological polar surface area (TPSA) is 80.2 Å². The molecule has 1 N–H and O–H groups in total. The predicted molar refractivity (Wildman–Crippen MR) is 107 cm³/mol. The number of carbonyl (C=O) groups excluding carboxylic acids is 1. The molecule has 4 heterocycles. The summed E-state index contributed by atoms with van der Waals surface area (Å²) in [6, 6.07) is 6.03. The van der Waals surface area contributed by atoms with E-state index in [4.69, 9.17) is 4.74 Å². The van der Waals surface area contributed by atoms with Crippen molar-refractivity contribution >= 4 is 17.5 Å². The van der Waals surface area contributed by atoms with E-state index in [1.54, 1.807) is 0 Å². The van der Waals surface area contributed by atoms with Crippen LogP contribution in [0.25, 0.3) is 0 Å². The Labute approximate surface area is 165 Å². The van der Waals surface area contributed by atoms with Gasteiger partial charge in [0.25, 0.3) is 5.91 Å². The van der Waals surface area contributed by atoms with Crippen LogP contribution >= 0.6 is 0 Å². The number of piperidine rings is 1. The molecule has 0 saturated carbocycles. The number of hydrogen-bond acceptors (Lipinski definition) is 6. The maximum atomic E-state index is 12.5. The first-order chi connectivity index (χ1) is 13.6. The smallest absolute Gasteiger partial charge is 0.251 e. The summed E-state index contributed by atoms with van der Waals surface area (Å²) in [6.07, 6.45) is 5.35. The Balaban J connectivity index is 1.33. The highest BCUT2D eigenvalue weighted by molar-refractivity contribution is 5.81. The van der Waals surface area contributed by atoms with Crippen LogP contribution in [0.5, 0.6) is 0 Å². The molecule has 1 atom stereocenters. The second-order valence-corrected chi connectivity index (χ2v) is 7.67. The zero-order valence-corrected chi connectivity index (χ0v) is 16.5. The van der Waals surface area contributed by atoms with E-state index in [2.05, 4.69) is 26.3 Å². The van der Waals surface area contributed by atoms with Crippen LogP contribution in [0.1, 0.15) is 48.7 Å². The van der Waals surface area contributed by atoms with Gasteiger partial charge in [-0.2, -0.15) is 0 Å². The van der Waals surface area contributed by atoms with E-state index in [1.165, 1.54) is 0 Å². The summed E-state index contributed by atoms with van der Waals surface area (Å²) in [5.41, 5.74) is 3.82. The first kappa shape index (κ1) is 18.8. The Hall–Kier alpha value is -2.54. The van der Waals surface area contributed by atoms with Gasteiger partial charge in [0.2, 0.25) is 5.95 Å². The molecule has 7 nitrogen and oxygen atoms in total. The molecule has 2 aromatic heterocycles. The molecule has 28 heavy (non-hydrogen) atoms. The van der Waals surface area contributed by atoms with E-state index >= 15 is 0 Å². The first-order valence-corrected chi connectivity index (χ1v) is 10.0. The van der Waals surface area contributed by atoms with Gasteiger partial charge in [0, 0.05) is 42.7 Å². The minimum atomic E-state index is -0.215. The number of aryl methyl sites for hydroxylation is 2. The molecule has 2 saturated heterocycles. The highest BCUT2D eigenvalue weighted by Gasteiger charge is 2.31. The van der Waals surface area contributed by atoms with Crippen molar-refractivity contribution in [3.05, 3.63) is 41.5 Å². The third-order valence-electron chi connectivity index (χ3n) is 5.45. The molecule has 2 aliphatic heterocycles. The van der Waals surface area contributed by atoms with E-state index in [1.807, 2.05) is 37.1 Å². The maximum Gasteiger partial charge on any atom is 0.251 e. The molecule has 0 unspecified atom stereocenters. The van der Waals surface area contributed by atoms with E-state index in [-0.39, 0.29) is 12.0 Å². The van der Waals surface area contributed by atoms with Crippen molar-refractivity contribution in [1.29, 1.82) is 0 Å². The van der Waals surface area contributed by atoms with Gasteiger partial charge in [0.15, 0.2) is 0 Å². The van der Waals surface area contributed by atoms with Crippen molar-refractivity contribution in [3.63, 3.8) is 0 Å². The third kappa shape index (κ3) is 4.30. The summed E-state index contributed by atoms with van der Waals surface area (Å²) >= 11 is 0. The second kappa shape index (κ2) is 8.22. The zero-order valence-electron chi connectivity index (χ0n) is 16.5. The minimum Gasteiger partial charge on any atom is -0.368 e. The number of ether oxygens (including phenoxy) is 1. The number of pyridine rings is 1. The van der Waals surface area contributed by atoms with Gasteiger partial charge in [-0.3, -0.25) is 9.78 Å². The van der Waals surface area contributed by atoms with Crippen LogP contribution in [0.2, 0.25) is 0 Å². The van der Waals surface area contributed by atoms with Gasteiger partial charge >= 0.3 is 0 Å². The number of anilines is 2. The lowest BCUT2D eigenvalue weighted by molar-refractivity contribution is -0.142.